The molecule has 0 aliphatic heterocycles. The lowest BCUT2D eigenvalue weighted by Crippen LogP contribution is -2.90. The molecule has 0 aromatic heterocycles. The second-order valence-corrected chi connectivity index (χ2v) is 16.3. The summed E-state index contributed by atoms with van der Waals surface area (Å²) in [6.07, 6.45) is 16.2. The molecule has 14 atom stereocenters. The molecule has 0 heteroatoms. The van der Waals surface area contributed by atoms with Gasteiger partial charge in [-0.15, -0.1) is 0 Å². The highest BCUT2D eigenvalue weighted by atomic mass is 14.9. The van der Waals surface area contributed by atoms with Crippen LogP contribution in [-0.2, 0) is 0 Å². The van der Waals surface area contributed by atoms with Crippen LogP contribution in [0.1, 0.15) is 147 Å². The fourth-order valence-electron chi connectivity index (χ4n) is 15.0. The summed E-state index contributed by atoms with van der Waals surface area (Å²) in [5.41, 5.74) is 2.49. The summed E-state index contributed by atoms with van der Waals surface area (Å²) in [6, 6.07) is 0. The van der Waals surface area contributed by atoms with E-state index in [0.717, 1.165) is 53.3 Å². The molecule has 0 amide bonds. The predicted molar refractivity (Wildman–Crippen MR) is 157 cm³/mol. The van der Waals surface area contributed by atoms with Gasteiger partial charge >= 0.3 is 0 Å². The van der Waals surface area contributed by atoms with E-state index in [0.29, 0.717) is 27.1 Å². The summed E-state index contributed by atoms with van der Waals surface area (Å²) in [5.74, 6) is 8.08. The van der Waals surface area contributed by atoms with Gasteiger partial charge in [0.25, 0.3) is 0 Å². The summed E-state index contributed by atoms with van der Waals surface area (Å²) in [7, 11) is 0. The normalized spacial score (nSPS) is 60.6. The van der Waals surface area contributed by atoms with Crippen molar-refractivity contribution in [1.82, 2.24) is 0 Å². The van der Waals surface area contributed by atoms with Crippen LogP contribution in [0.25, 0.3) is 0 Å². The molecule has 4 bridgehead atoms. The molecule has 0 radical (unpaired) electrons. The van der Waals surface area contributed by atoms with Crippen LogP contribution in [0.4, 0.5) is 0 Å². The Kier molecular flexibility index (Phi) is 6.70. The Morgan fingerprint density at radius 1 is 0.778 bits per heavy atom. The Morgan fingerprint density at radius 2 is 1.47 bits per heavy atom. The minimum Gasteiger partial charge on any atom is -0.0651 e. The van der Waals surface area contributed by atoms with Crippen molar-refractivity contribution in [3.05, 3.63) is 0 Å². The molecule has 5 aliphatic carbocycles. The van der Waals surface area contributed by atoms with Crippen LogP contribution in [-0.4, -0.2) is 0 Å². The van der Waals surface area contributed by atoms with Crippen molar-refractivity contribution in [3.8, 4) is 0 Å². The van der Waals surface area contributed by atoms with E-state index in [1.54, 1.807) is 6.42 Å². The van der Waals surface area contributed by atoms with Crippen LogP contribution < -0.4 is 0 Å². The first-order valence-corrected chi connectivity index (χ1v) is 16.9. The Hall–Kier alpha value is 0. The molecule has 14 unspecified atom stereocenters. The van der Waals surface area contributed by atoms with Crippen molar-refractivity contribution in [2.75, 3.05) is 0 Å². The molecule has 5 fully saturated rings. The fraction of sp³-hybridized carbons (Fsp3) is 1.00. The van der Waals surface area contributed by atoms with Crippen LogP contribution >= 0.6 is 0 Å². The number of hydrogen-bond donors (Lipinski definition) is 0. The van der Waals surface area contributed by atoms with Gasteiger partial charge in [-0.2, -0.15) is 0 Å². The first-order valence-electron chi connectivity index (χ1n) is 16.9. The summed E-state index contributed by atoms with van der Waals surface area (Å²) in [5, 5.41) is 0. The number of fused-ring (bicyclic) bond motifs is 3. The number of hydrogen-bond acceptors (Lipinski definition) is 0. The van der Waals surface area contributed by atoms with Crippen molar-refractivity contribution in [3.63, 3.8) is 0 Å². The molecule has 5 aliphatic rings. The van der Waals surface area contributed by atoms with Gasteiger partial charge in [0, 0.05) is 0 Å². The Bertz CT molecular complexity index is 828. The molecule has 5 saturated carbocycles. The fourth-order valence-corrected chi connectivity index (χ4v) is 15.0. The lowest BCUT2D eigenvalue weighted by molar-refractivity contribution is -0.474. The van der Waals surface area contributed by atoms with Crippen molar-refractivity contribution in [2.24, 2.45) is 80.3 Å². The third-order valence-electron chi connectivity index (χ3n) is 16.5. The third kappa shape index (κ3) is 2.70. The molecule has 0 saturated heterocycles. The molecular weight excluding hydrogens is 432 g/mol. The van der Waals surface area contributed by atoms with Gasteiger partial charge in [-0.25, -0.2) is 0 Å². The lowest BCUT2D eigenvalue weighted by atomic mass is 9.10. The monoisotopic (exact) mass is 497 g/mol. The van der Waals surface area contributed by atoms with Gasteiger partial charge in [0.15, 0.2) is 0 Å². The van der Waals surface area contributed by atoms with Gasteiger partial charge in [-0.1, -0.05) is 108 Å². The zero-order valence-corrected chi connectivity index (χ0v) is 26.5. The summed E-state index contributed by atoms with van der Waals surface area (Å²) in [6.45, 7) is 30.0. The van der Waals surface area contributed by atoms with Gasteiger partial charge in [0.2, 0.25) is 0 Å². The van der Waals surface area contributed by atoms with Crippen molar-refractivity contribution < 1.29 is 0 Å². The topological polar surface area (TPSA) is 0 Å². The van der Waals surface area contributed by atoms with E-state index in [2.05, 4.69) is 76.2 Å². The van der Waals surface area contributed by atoms with Crippen LogP contribution in [0.2, 0.25) is 0 Å². The molecule has 36 heavy (non-hydrogen) atoms. The van der Waals surface area contributed by atoms with Gasteiger partial charge < -0.3 is 0 Å². The standard InChI is InChI=1S/C36H64/c1-12-27-20-28-17-16-18-29(13-2)32(9)21-23(5)25(7)31-26(8)33(10,24(6)19-28)36(31)30(14-3)34(32,11)35(36,15-4)22-27/h23-31H,12-22H2,1-11H3. The Morgan fingerprint density at radius 3 is 2.06 bits per heavy atom. The largest absolute Gasteiger partial charge is 0.0651 e. The van der Waals surface area contributed by atoms with E-state index < -0.39 is 0 Å². The van der Waals surface area contributed by atoms with Crippen LogP contribution in [0.5, 0.6) is 0 Å². The molecule has 208 valence electrons. The number of rotatable bonds is 4. The van der Waals surface area contributed by atoms with Crippen LogP contribution in [0, 0.1) is 80.3 Å². The van der Waals surface area contributed by atoms with Crippen LogP contribution in [0.15, 0.2) is 0 Å². The zero-order chi connectivity index (χ0) is 26.5. The smallest absolute Gasteiger partial charge is 0.0109 e. The minimum absolute atomic E-state index is 0.461. The third-order valence-corrected chi connectivity index (χ3v) is 16.5. The Labute approximate surface area is 226 Å². The highest BCUT2D eigenvalue weighted by Gasteiger charge is 2.91. The highest BCUT2D eigenvalue weighted by molar-refractivity contribution is 5.38. The first kappa shape index (κ1) is 27.6. The molecule has 0 aromatic carbocycles. The van der Waals surface area contributed by atoms with Gasteiger partial charge in [-0.05, 0) is 119 Å². The average Bonchev–Trinajstić information content (AvgIpc) is 2.86. The summed E-state index contributed by atoms with van der Waals surface area (Å²) in [4.78, 5) is 0. The summed E-state index contributed by atoms with van der Waals surface area (Å²) >= 11 is 0. The molecule has 0 aromatic rings. The van der Waals surface area contributed by atoms with E-state index in [4.69, 9.17) is 0 Å². The van der Waals surface area contributed by atoms with Crippen molar-refractivity contribution >= 4 is 0 Å². The second-order valence-electron chi connectivity index (χ2n) is 16.3. The van der Waals surface area contributed by atoms with Gasteiger partial charge in [0.05, 0.1) is 0 Å². The molecule has 1 spiro atoms. The maximum Gasteiger partial charge on any atom is -0.0109 e. The maximum absolute atomic E-state index is 2.92. The molecule has 0 nitrogen and oxygen atoms in total. The Balaban J connectivity index is 1.90. The van der Waals surface area contributed by atoms with E-state index in [1.807, 2.05) is 0 Å². The first-order chi connectivity index (χ1) is 16.9. The lowest BCUT2D eigenvalue weighted by Gasteiger charge is -2.94. The average molecular weight is 497 g/mol. The molecule has 5 rings (SSSR count). The highest BCUT2D eigenvalue weighted by Crippen LogP contribution is 2.96. The van der Waals surface area contributed by atoms with Crippen molar-refractivity contribution in [2.45, 2.75) is 147 Å². The maximum atomic E-state index is 2.92. The van der Waals surface area contributed by atoms with Gasteiger partial charge in [0.1, 0.15) is 0 Å². The van der Waals surface area contributed by atoms with E-state index in [-0.39, 0.29) is 0 Å². The minimum atomic E-state index is 0.461. The zero-order valence-electron chi connectivity index (χ0n) is 26.5. The van der Waals surface area contributed by atoms with Crippen molar-refractivity contribution in [1.29, 1.82) is 0 Å². The van der Waals surface area contributed by atoms with E-state index in [1.165, 1.54) is 64.2 Å². The SMILES string of the molecule is CCC1CC2CCCC(CC)C3(C)CC(C)C(C)C4C(C)C(C)(C(C)C2)C42C(CC)C3(C)C2(CC)C1. The molecular formula is C36H64. The quantitative estimate of drug-likeness (QED) is 0.363. The second kappa shape index (κ2) is 8.75. The summed E-state index contributed by atoms with van der Waals surface area (Å²) < 4.78 is 0. The molecule has 0 heterocycles. The van der Waals surface area contributed by atoms with Crippen LogP contribution in [0.3, 0.4) is 0 Å². The van der Waals surface area contributed by atoms with Gasteiger partial charge in [-0.3, -0.25) is 0 Å². The van der Waals surface area contributed by atoms with E-state index in [9.17, 15) is 0 Å². The van der Waals surface area contributed by atoms with E-state index >= 15 is 0 Å². The molecule has 0 N–H and O–H groups in total. The predicted octanol–water partition coefficient (Wildman–Crippen LogP) is 11.0.